The zero-order chi connectivity index (χ0) is 27.8. The van der Waals surface area contributed by atoms with E-state index in [0.29, 0.717) is 53.6 Å². The molecule has 39 heavy (non-hydrogen) atoms. The highest BCUT2D eigenvalue weighted by Crippen LogP contribution is 2.40. The van der Waals surface area contributed by atoms with Crippen LogP contribution in [0.5, 0.6) is 0 Å². The van der Waals surface area contributed by atoms with Crippen LogP contribution in [0.2, 0.25) is 0 Å². The van der Waals surface area contributed by atoms with Crippen molar-refractivity contribution >= 4 is 5.78 Å². The molecule has 0 spiro atoms. The lowest BCUT2D eigenvalue weighted by Gasteiger charge is -2.38. The van der Waals surface area contributed by atoms with Crippen molar-refractivity contribution in [2.75, 3.05) is 13.1 Å². The molecule has 1 saturated carbocycles. The van der Waals surface area contributed by atoms with E-state index in [-0.39, 0.29) is 18.3 Å². The average Bonchev–Trinajstić information content (AvgIpc) is 3.54. The van der Waals surface area contributed by atoms with Crippen molar-refractivity contribution in [1.82, 2.24) is 19.7 Å². The fourth-order valence-corrected chi connectivity index (χ4v) is 5.81. The summed E-state index contributed by atoms with van der Waals surface area (Å²) in [5.74, 6) is -0.177. The van der Waals surface area contributed by atoms with Crippen molar-refractivity contribution in [3.63, 3.8) is 0 Å². The van der Waals surface area contributed by atoms with E-state index in [1.54, 1.807) is 13.1 Å². The van der Waals surface area contributed by atoms with Gasteiger partial charge in [0.05, 0.1) is 52.0 Å². The molecule has 1 atom stereocenters. The summed E-state index contributed by atoms with van der Waals surface area (Å²) in [6.07, 6.45) is 2.45. The molecule has 5 rings (SSSR count). The first-order chi connectivity index (χ1) is 18.6. The van der Waals surface area contributed by atoms with Gasteiger partial charge in [-0.1, -0.05) is 6.07 Å². The molecular weight excluding hydrogens is 507 g/mol. The van der Waals surface area contributed by atoms with Gasteiger partial charge in [0.2, 0.25) is 0 Å². The number of nitriles is 1. The van der Waals surface area contributed by atoms with Crippen LogP contribution >= 0.6 is 0 Å². The zero-order valence-corrected chi connectivity index (χ0v) is 21.7. The Balaban J connectivity index is 1.24. The average molecular weight is 538 g/mol. The van der Waals surface area contributed by atoms with Crippen molar-refractivity contribution in [2.24, 2.45) is 0 Å². The first-order valence-electron chi connectivity index (χ1n) is 13.1. The van der Waals surface area contributed by atoms with E-state index in [9.17, 15) is 28.3 Å². The molecule has 3 heterocycles. The van der Waals surface area contributed by atoms with E-state index in [2.05, 4.69) is 21.1 Å². The van der Waals surface area contributed by atoms with Crippen LogP contribution < -0.4 is 0 Å². The van der Waals surface area contributed by atoms with E-state index in [4.69, 9.17) is 0 Å². The second-order valence-electron chi connectivity index (χ2n) is 10.6. The Morgan fingerprint density at radius 3 is 2.41 bits per heavy atom. The molecule has 1 unspecified atom stereocenters. The molecule has 2 fully saturated rings. The highest BCUT2D eigenvalue weighted by molar-refractivity contribution is 5.98. The molecule has 2 aliphatic rings. The van der Waals surface area contributed by atoms with Crippen molar-refractivity contribution < 1.29 is 23.1 Å². The lowest BCUT2D eigenvalue weighted by molar-refractivity contribution is -0.137. The summed E-state index contributed by atoms with van der Waals surface area (Å²) in [5.41, 5.74) is 1.37. The zero-order valence-electron chi connectivity index (χ0n) is 21.7. The normalized spacial score (nSPS) is 24.0. The van der Waals surface area contributed by atoms with Gasteiger partial charge in [-0.2, -0.15) is 23.5 Å². The molecule has 1 aromatic carbocycles. The fraction of sp³-hybridized carbons (Fsp3) is 0.448. The van der Waals surface area contributed by atoms with Gasteiger partial charge in [-0.15, -0.1) is 0 Å². The molecule has 2 aromatic heterocycles. The molecule has 0 radical (unpaired) electrons. The van der Waals surface area contributed by atoms with Crippen LogP contribution in [0, 0.1) is 18.3 Å². The number of alkyl halides is 3. The number of β-amino-alcohol motifs (C(OH)–C–C–N with tert-alkyl or cyclic N) is 1. The van der Waals surface area contributed by atoms with Gasteiger partial charge in [0, 0.05) is 31.7 Å². The maximum atomic E-state index is 13.1. The molecule has 1 N–H and O–H groups in total. The number of benzene rings is 1. The fourth-order valence-electron chi connectivity index (χ4n) is 5.81. The minimum atomic E-state index is -4.42. The third kappa shape index (κ3) is 5.47. The van der Waals surface area contributed by atoms with Crippen LogP contribution in [0.3, 0.4) is 0 Å². The Morgan fingerprint density at radius 1 is 1.13 bits per heavy atom. The van der Waals surface area contributed by atoms with E-state index in [1.165, 1.54) is 23.0 Å². The van der Waals surface area contributed by atoms with Gasteiger partial charge in [0.25, 0.3) is 0 Å². The van der Waals surface area contributed by atoms with Gasteiger partial charge in [0.15, 0.2) is 5.78 Å². The predicted octanol–water partition coefficient (Wildman–Crippen LogP) is 4.79. The van der Waals surface area contributed by atoms with Crippen LogP contribution in [0.1, 0.15) is 65.0 Å². The maximum absolute atomic E-state index is 13.1. The number of Topliss-reactive ketones (excluding diaryl/α,β-unsaturated/α-hetero) is 1. The molecule has 3 aromatic rings. The van der Waals surface area contributed by atoms with E-state index >= 15 is 0 Å². The largest absolute Gasteiger partial charge is 0.416 e. The predicted molar refractivity (Wildman–Crippen MR) is 137 cm³/mol. The SMILES string of the molecule is Cc1c(C(=O)Cc2ccc(C3(C#N)CCC(N4CCC(O)C4)CC3)nc2)cnn1-c1ccc(C(F)(F)F)cc1. The molecule has 0 bridgehead atoms. The number of carbonyl (C=O) groups excluding carboxylic acids is 1. The second kappa shape index (κ2) is 10.5. The molecule has 0 amide bonds. The van der Waals surface area contributed by atoms with Gasteiger partial charge >= 0.3 is 6.18 Å². The number of rotatable bonds is 6. The van der Waals surface area contributed by atoms with Crippen molar-refractivity contribution in [3.8, 4) is 11.8 Å². The molecule has 7 nitrogen and oxygen atoms in total. The third-order valence-corrected chi connectivity index (χ3v) is 8.16. The van der Waals surface area contributed by atoms with Crippen LogP contribution in [-0.4, -0.2) is 55.8 Å². The Morgan fingerprint density at radius 2 is 1.85 bits per heavy atom. The monoisotopic (exact) mass is 537 g/mol. The summed E-state index contributed by atoms with van der Waals surface area (Å²) in [6.45, 7) is 3.30. The number of hydrogen-bond donors (Lipinski definition) is 1. The highest BCUT2D eigenvalue weighted by Gasteiger charge is 2.41. The topological polar surface area (TPSA) is 95.0 Å². The quantitative estimate of drug-likeness (QED) is 0.455. The number of aromatic nitrogens is 3. The summed E-state index contributed by atoms with van der Waals surface area (Å²) < 4.78 is 40.1. The van der Waals surface area contributed by atoms with Gasteiger partial charge < -0.3 is 5.11 Å². The molecule has 1 saturated heterocycles. The number of nitrogens with zero attached hydrogens (tertiary/aromatic N) is 5. The minimum Gasteiger partial charge on any atom is -0.392 e. The molecule has 1 aliphatic heterocycles. The summed E-state index contributed by atoms with van der Waals surface area (Å²) in [6, 6.07) is 11.2. The van der Waals surface area contributed by atoms with Gasteiger partial charge in [-0.05, 0) is 74.9 Å². The first-order valence-corrected chi connectivity index (χ1v) is 13.1. The third-order valence-electron chi connectivity index (χ3n) is 8.16. The Kier molecular flexibility index (Phi) is 7.31. The highest BCUT2D eigenvalue weighted by atomic mass is 19.4. The van der Waals surface area contributed by atoms with Gasteiger partial charge in [0.1, 0.15) is 0 Å². The van der Waals surface area contributed by atoms with E-state index in [0.717, 1.165) is 37.9 Å². The first kappa shape index (κ1) is 27.0. The maximum Gasteiger partial charge on any atom is 0.416 e. The Bertz CT molecular complexity index is 1370. The number of ketones is 1. The van der Waals surface area contributed by atoms with Crippen LogP contribution in [0.15, 0.2) is 48.8 Å². The van der Waals surface area contributed by atoms with Crippen LogP contribution in [0.25, 0.3) is 5.69 Å². The molecule has 1 aliphatic carbocycles. The smallest absolute Gasteiger partial charge is 0.392 e. The molecular formula is C29H30F3N5O2. The van der Waals surface area contributed by atoms with E-state index < -0.39 is 17.2 Å². The number of halogens is 3. The van der Waals surface area contributed by atoms with Crippen molar-refractivity contribution in [3.05, 3.63) is 76.9 Å². The second-order valence-corrected chi connectivity index (χ2v) is 10.6. The Hall–Kier alpha value is -3.55. The minimum absolute atomic E-state index is 0.0890. The summed E-state index contributed by atoms with van der Waals surface area (Å²) in [4.78, 5) is 20.0. The van der Waals surface area contributed by atoms with Gasteiger partial charge in [-0.3, -0.25) is 14.7 Å². The lowest BCUT2D eigenvalue weighted by atomic mass is 9.71. The van der Waals surface area contributed by atoms with Crippen LogP contribution in [0.4, 0.5) is 13.2 Å². The lowest BCUT2D eigenvalue weighted by Crippen LogP contribution is -2.41. The standard InChI is InChI=1S/C29H30F3N5O2/c1-19-25(16-35-37(19)23-5-3-21(4-6-23)29(30,31)32)26(39)14-20-2-7-27(34-15-20)28(18-33)11-8-22(9-12-28)36-13-10-24(38)17-36/h2-7,15-16,22,24,38H,8-14,17H2,1H3. The number of likely N-dealkylation sites (tertiary alicyclic amines) is 1. The number of hydrogen-bond acceptors (Lipinski definition) is 6. The van der Waals surface area contributed by atoms with Crippen molar-refractivity contribution in [1.29, 1.82) is 5.26 Å². The van der Waals surface area contributed by atoms with Crippen LogP contribution in [-0.2, 0) is 18.0 Å². The number of carbonyl (C=O) groups is 1. The molecule has 10 heteroatoms. The Labute approximate surface area is 224 Å². The van der Waals surface area contributed by atoms with Crippen molar-refractivity contribution in [2.45, 2.75) is 69.2 Å². The van der Waals surface area contributed by atoms with Gasteiger partial charge in [-0.25, -0.2) is 4.68 Å². The molecule has 204 valence electrons. The summed E-state index contributed by atoms with van der Waals surface area (Å²) in [5, 5.41) is 24.1. The number of aliphatic hydroxyl groups excluding tert-OH is 1. The summed E-state index contributed by atoms with van der Waals surface area (Å²) >= 11 is 0. The van der Waals surface area contributed by atoms with E-state index in [1.807, 2.05) is 12.1 Å². The summed E-state index contributed by atoms with van der Waals surface area (Å²) in [7, 11) is 0. The number of pyridine rings is 1. The number of aliphatic hydroxyl groups is 1.